The van der Waals surface area contributed by atoms with Gasteiger partial charge in [-0.25, -0.2) is 0 Å². The van der Waals surface area contributed by atoms with Crippen molar-refractivity contribution in [3.8, 4) is 0 Å². The van der Waals surface area contributed by atoms with Crippen LogP contribution >= 0.6 is 0 Å². The molecule has 0 fully saturated rings. The molecule has 0 saturated carbocycles. The van der Waals surface area contributed by atoms with Crippen molar-refractivity contribution in [2.75, 3.05) is 0 Å². The van der Waals surface area contributed by atoms with Crippen molar-refractivity contribution in [2.45, 2.75) is 22.1 Å². The Kier molecular flexibility index (Phi) is 4.51. The Morgan fingerprint density at radius 2 is 1.35 bits per heavy atom. The van der Waals surface area contributed by atoms with E-state index in [9.17, 15) is 43.2 Å². The number of aromatic nitrogens is 1. The van der Waals surface area contributed by atoms with Crippen molar-refractivity contribution < 1.29 is 52.3 Å². The number of nitrogens with zero attached hydrogens (tertiary/aromatic N) is 1. The summed E-state index contributed by atoms with van der Waals surface area (Å²) in [5.41, 5.74) is -5.31. The smallest absolute Gasteiger partial charge is 0.282 e. The second kappa shape index (κ2) is 5.77. The molecule has 0 spiro atoms. The molecule has 7 nitrogen and oxygen atoms in total. The van der Waals surface area contributed by atoms with Gasteiger partial charge in [0.1, 0.15) is 9.79 Å². The minimum Gasteiger partial charge on any atom is -0.282 e. The fourth-order valence-corrected chi connectivity index (χ4v) is 3.80. The largest absolute Gasteiger partial charge is 0.418 e. The molecular weight excluding hydrogens is 420 g/mol. The molecule has 0 atom stereocenters. The Hall–Kier alpha value is -1.97. The van der Waals surface area contributed by atoms with E-state index in [0.717, 1.165) is 0 Å². The number of alkyl halides is 6. The highest BCUT2D eigenvalue weighted by Gasteiger charge is 2.48. The van der Waals surface area contributed by atoms with E-state index >= 15 is 0 Å². The Morgan fingerprint density at radius 1 is 0.808 bits per heavy atom. The number of rotatable bonds is 2. The number of halogens is 6. The van der Waals surface area contributed by atoms with E-state index in [2.05, 4.69) is 4.98 Å². The quantitative estimate of drug-likeness (QED) is 0.561. The minimum absolute atomic E-state index is 0.294. The van der Waals surface area contributed by atoms with Gasteiger partial charge in [0.25, 0.3) is 20.2 Å². The molecule has 0 unspecified atom stereocenters. The van der Waals surface area contributed by atoms with E-state index < -0.39 is 64.3 Å². The fourth-order valence-electron chi connectivity index (χ4n) is 2.23. The van der Waals surface area contributed by atoms with E-state index in [-0.39, 0.29) is 6.07 Å². The Bertz CT molecular complexity index is 1100. The molecule has 0 aliphatic carbocycles. The lowest BCUT2D eigenvalue weighted by Gasteiger charge is -2.20. The monoisotopic (exact) mass is 425 g/mol. The van der Waals surface area contributed by atoms with Gasteiger partial charge in [0.05, 0.1) is 11.1 Å². The van der Waals surface area contributed by atoms with E-state index in [0.29, 0.717) is 12.4 Å². The van der Waals surface area contributed by atoms with E-state index in [4.69, 9.17) is 9.11 Å². The number of fused-ring (bicyclic) bond motifs is 1. The summed E-state index contributed by atoms with van der Waals surface area (Å²) in [7, 11) is -11.2. The molecule has 0 amide bonds. The second-order valence-electron chi connectivity index (χ2n) is 4.81. The van der Waals surface area contributed by atoms with Crippen LogP contribution in [0.5, 0.6) is 0 Å². The van der Waals surface area contributed by atoms with Crippen LogP contribution in [0.4, 0.5) is 26.3 Å². The average molecular weight is 425 g/mol. The normalized spacial score (nSPS) is 14.0. The fraction of sp³-hybridized carbons (Fsp3) is 0.182. The molecule has 0 aliphatic rings. The van der Waals surface area contributed by atoms with Crippen molar-refractivity contribution >= 4 is 31.0 Å². The van der Waals surface area contributed by atoms with E-state index in [1.165, 1.54) is 0 Å². The van der Waals surface area contributed by atoms with Crippen LogP contribution in [-0.2, 0) is 32.6 Å². The van der Waals surface area contributed by atoms with Gasteiger partial charge in [-0.3, -0.25) is 14.1 Å². The number of hydrogen-bond acceptors (Lipinski definition) is 5. The molecule has 0 bridgehead atoms. The SMILES string of the molecule is O=S(=O)(O)c1cncc2c(S(=O)(=O)O)c(C(F)(F)F)c(C(F)(F)F)cc12. The summed E-state index contributed by atoms with van der Waals surface area (Å²) < 4.78 is 142. The molecule has 0 aliphatic heterocycles. The third kappa shape index (κ3) is 3.60. The maximum absolute atomic E-state index is 13.2. The van der Waals surface area contributed by atoms with Gasteiger partial charge < -0.3 is 0 Å². The maximum atomic E-state index is 13.2. The molecular formula is C11H5F6NO6S2. The predicted molar refractivity (Wildman–Crippen MR) is 71.4 cm³/mol. The molecule has 0 radical (unpaired) electrons. The third-order valence-corrected chi connectivity index (χ3v) is 4.93. The number of hydrogen-bond donors (Lipinski definition) is 2. The van der Waals surface area contributed by atoms with Crippen LogP contribution in [0, 0.1) is 0 Å². The lowest BCUT2D eigenvalue weighted by molar-refractivity contribution is -0.163. The zero-order valence-corrected chi connectivity index (χ0v) is 13.4. The van der Waals surface area contributed by atoms with Gasteiger partial charge in [-0.15, -0.1) is 0 Å². The van der Waals surface area contributed by atoms with Crippen LogP contribution in [0.15, 0.2) is 28.3 Å². The van der Waals surface area contributed by atoms with Gasteiger partial charge in [0.2, 0.25) is 0 Å². The van der Waals surface area contributed by atoms with Crippen molar-refractivity contribution in [3.05, 3.63) is 29.6 Å². The first-order chi connectivity index (χ1) is 11.5. The Balaban J connectivity index is 3.32. The highest BCUT2D eigenvalue weighted by Crippen LogP contribution is 2.46. The molecule has 2 aromatic rings. The van der Waals surface area contributed by atoms with Crippen molar-refractivity contribution in [1.82, 2.24) is 4.98 Å². The average Bonchev–Trinajstić information content (AvgIpc) is 2.40. The first kappa shape index (κ1) is 20.3. The molecule has 144 valence electrons. The Labute approximate surface area is 140 Å². The molecule has 1 heterocycles. The third-order valence-electron chi connectivity index (χ3n) is 3.11. The summed E-state index contributed by atoms with van der Waals surface area (Å²) in [6, 6.07) is -0.294. The summed E-state index contributed by atoms with van der Waals surface area (Å²) in [6.07, 6.45) is -11.1. The van der Waals surface area contributed by atoms with Crippen LogP contribution in [-0.4, -0.2) is 30.9 Å². The first-order valence-electron chi connectivity index (χ1n) is 6.00. The van der Waals surface area contributed by atoms with Crippen LogP contribution in [0.1, 0.15) is 11.1 Å². The van der Waals surface area contributed by atoms with Crippen molar-refractivity contribution in [3.63, 3.8) is 0 Å². The zero-order chi connectivity index (χ0) is 20.3. The summed E-state index contributed by atoms with van der Waals surface area (Å²) in [6.45, 7) is 0. The lowest BCUT2D eigenvalue weighted by atomic mass is 10.0. The Morgan fingerprint density at radius 3 is 1.73 bits per heavy atom. The van der Waals surface area contributed by atoms with Gasteiger partial charge >= 0.3 is 12.4 Å². The van der Waals surface area contributed by atoms with Gasteiger partial charge in [-0.2, -0.15) is 43.2 Å². The zero-order valence-electron chi connectivity index (χ0n) is 11.8. The molecule has 1 aromatic carbocycles. The summed E-state index contributed by atoms with van der Waals surface area (Å²) in [4.78, 5) is -0.500. The van der Waals surface area contributed by atoms with Gasteiger partial charge in [-0.05, 0) is 6.07 Å². The first-order valence-corrected chi connectivity index (χ1v) is 8.88. The minimum atomic E-state index is -5.92. The molecule has 0 saturated heterocycles. The van der Waals surface area contributed by atoms with Crippen LogP contribution < -0.4 is 0 Å². The standard InChI is InChI=1S/C11H5F6NO6S2/c12-10(13,14)6-1-4-5(2-18-3-7(4)25(19,20)21)9(26(22,23)24)8(6)11(15,16)17/h1-3H,(H,19,20,21)(H,22,23,24). The summed E-state index contributed by atoms with van der Waals surface area (Å²) in [5.74, 6) is 0. The van der Waals surface area contributed by atoms with Crippen LogP contribution in [0.2, 0.25) is 0 Å². The van der Waals surface area contributed by atoms with Gasteiger partial charge in [0.15, 0.2) is 0 Å². The lowest BCUT2D eigenvalue weighted by Crippen LogP contribution is -2.21. The summed E-state index contributed by atoms with van der Waals surface area (Å²) >= 11 is 0. The highest BCUT2D eigenvalue weighted by atomic mass is 32.2. The van der Waals surface area contributed by atoms with Gasteiger partial charge in [0, 0.05) is 23.2 Å². The predicted octanol–water partition coefficient (Wildman–Crippen LogP) is 2.77. The van der Waals surface area contributed by atoms with Crippen molar-refractivity contribution in [2.24, 2.45) is 0 Å². The van der Waals surface area contributed by atoms with E-state index in [1.54, 1.807) is 0 Å². The van der Waals surface area contributed by atoms with Crippen LogP contribution in [0.3, 0.4) is 0 Å². The van der Waals surface area contributed by atoms with Crippen LogP contribution in [0.25, 0.3) is 10.8 Å². The maximum Gasteiger partial charge on any atom is 0.418 e. The second-order valence-corrected chi connectivity index (χ2v) is 7.55. The summed E-state index contributed by atoms with van der Waals surface area (Å²) in [5, 5.41) is -2.50. The number of pyridine rings is 1. The van der Waals surface area contributed by atoms with Gasteiger partial charge in [-0.1, -0.05) is 0 Å². The highest BCUT2D eigenvalue weighted by molar-refractivity contribution is 7.86. The molecule has 1 aromatic heterocycles. The number of benzene rings is 1. The topological polar surface area (TPSA) is 122 Å². The molecule has 2 rings (SSSR count). The molecule has 15 heteroatoms. The molecule has 26 heavy (non-hydrogen) atoms. The molecule has 2 N–H and O–H groups in total. The van der Waals surface area contributed by atoms with E-state index in [1.807, 2.05) is 0 Å². The van der Waals surface area contributed by atoms with Crippen molar-refractivity contribution in [1.29, 1.82) is 0 Å².